The van der Waals surface area contributed by atoms with Gasteiger partial charge in [-0.3, -0.25) is 14.9 Å². The molecule has 0 fully saturated rings. The van der Waals surface area contributed by atoms with Crippen LogP contribution in [0.3, 0.4) is 0 Å². The molecule has 0 aliphatic carbocycles. The maximum atomic E-state index is 11.7. The summed E-state index contributed by atoms with van der Waals surface area (Å²) in [5.41, 5.74) is 7.38. The van der Waals surface area contributed by atoms with E-state index in [-0.39, 0.29) is 18.9 Å². The van der Waals surface area contributed by atoms with Crippen LogP contribution in [0.5, 0.6) is 11.5 Å². The van der Waals surface area contributed by atoms with Gasteiger partial charge in [-0.15, -0.1) is 0 Å². The van der Waals surface area contributed by atoms with E-state index in [1.165, 1.54) is 19.2 Å². The second-order valence-electron chi connectivity index (χ2n) is 5.75. The first-order chi connectivity index (χ1) is 12.9. The molecule has 8 nitrogen and oxygen atoms in total. The second kappa shape index (κ2) is 9.54. The van der Waals surface area contributed by atoms with Gasteiger partial charge < -0.3 is 19.9 Å². The number of benzene rings is 2. The Balaban J connectivity index is 2.12. The summed E-state index contributed by atoms with van der Waals surface area (Å²) in [6.45, 7) is 2.14. The fraction of sp³-hybridized carbons (Fsp3) is 0.316. The molecule has 0 radical (unpaired) electrons. The van der Waals surface area contributed by atoms with Gasteiger partial charge in [0.25, 0.3) is 5.69 Å². The SMILES string of the molecule is CCOC(=O)C(N)Cc1ccc(OC)c(COc2cccc([N+](=O)[O-])c2)c1. The molecule has 2 aromatic rings. The number of methoxy groups -OCH3 is 1. The molecule has 2 aromatic carbocycles. The molecule has 0 aliphatic rings. The van der Waals surface area contributed by atoms with Crippen molar-refractivity contribution >= 4 is 11.7 Å². The lowest BCUT2D eigenvalue weighted by Crippen LogP contribution is -2.34. The number of nitrogens with two attached hydrogens (primary N) is 1. The van der Waals surface area contributed by atoms with Crippen LogP contribution in [0.25, 0.3) is 0 Å². The number of nitro groups is 1. The molecule has 0 saturated heterocycles. The van der Waals surface area contributed by atoms with Crippen molar-refractivity contribution in [3.63, 3.8) is 0 Å². The zero-order valence-electron chi connectivity index (χ0n) is 15.2. The lowest BCUT2D eigenvalue weighted by atomic mass is 10.0. The second-order valence-corrected chi connectivity index (χ2v) is 5.75. The zero-order valence-corrected chi connectivity index (χ0v) is 15.2. The Morgan fingerprint density at radius 3 is 2.70 bits per heavy atom. The maximum absolute atomic E-state index is 11.7. The number of nitrogens with zero attached hydrogens (tertiary/aromatic N) is 1. The van der Waals surface area contributed by atoms with Crippen molar-refractivity contribution in [2.45, 2.75) is 26.0 Å². The summed E-state index contributed by atoms with van der Waals surface area (Å²) in [7, 11) is 1.54. The van der Waals surface area contributed by atoms with E-state index in [1.54, 1.807) is 25.1 Å². The molecule has 27 heavy (non-hydrogen) atoms. The average Bonchev–Trinajstić information content (AvgIpc) is 2.66. The molecule has 8 heteroatoms. The van der Waals surface area contributed by atoms with Gasteiger partial charge in [0.1, 0.15) is 24.1 Å². The van der Waals surface area contributed by atoms with Crippen LogP contribution >= 0.6 is 0 Å². The minimum atomic E-state index is -0.760. The van der Waals surface area contributed by atoms with Crippen LogP contribution in [0.2, 0.25) is 0 Å². The van der Waals surface area contributed by atoms with Crippen molar-refractivity contribution in [1.82, 2.24) is 0 Å². The lowest BCUT2D eigenvalue weighted by Gasteiger charge is -2.14. The number of nitro benzene ring substituents is 1. The largest absolute Gasteiger partial charge is 0.496 e. The van der Waals surface area contributed by atoms with Crippen LogP contribution in [0.4, 0.5) is 5.69 Å². The normalized spacial score (nSPS) is 11.5. The van der Waals surface area contributed by atoms with Crippen molar-refractivity contribution in [1.29, 1.82) is 0 Å². The Kier molecular flexibility index (Phi) is 7.13. The predicted molar refractivity (Wildman–Crippen MR) is 98.7 cm³/mol. The molecular formula is C19H22N2O6. The Bertz CT molecular complexity index is 809. The summed E-state index contributed by atoms with van der Waals surface area (Å²) in [5.74, 6) is 0.525. The molecule has 0 saturated carbocycles. The molecule has 144 valence electrons. The first kappa shape index (κ1) is 20.2. The summed E-state index contributed by atoms with van der Waals surface area (Å²) in [5, 5.41) is 10.9. The minimum Gasteiger partial charge on any atom is -0.496 e. The average molecular weight is 374 g/mol. The number of hydrogen-bond acceptors (Lipinski definition) is 7. The van der Waals surface area contributed by atoms with Crippen LogP contribution in [-0.4, -0.2) is 30.7 Å². The van der Waals surface area contributed by atoms with Crippen LogP contribution in [-0.2, 0) is 22.6 Å². The summed E-state index contributed by atoms with van der Waals surface area (Å²) in [6.07, 6.45) is 0.312. The maximum Gasteiger partial charge on any atom is 0.323 e. The number of hydrogen-bond donors (Lipinski definition) is 1. The minimum absolute atomic E-state index is 0.0476. The van der Waals surface area contributed by atoms with E-state index in [9.17, 15) is 14.9 Å². The zero-order chi connectivity index (χ0) is 19.8. The molecule has 2 N–H and O–H groups in total. The quantitative estimate of drug-likeness (QED) is 0.408. The van der Waals surface area contributed by atoms with Gasteiger partial charge in [0.2, 0.25) is 0 Å². The molecule has 0 aromatic heterocycles. The van der Waals surface area contributed by atoms with Crippen LogP contribution in [0, 0.1) is 10.1 Å². The van der Waals surface area contributed by atoms with Gasteiger partial charge in [0, 0.05) is 11.6 Å². The first-order valence-electron chi connectivity index (χ1n) is 8.39. The van der Waals surface area contributed by atoms with Crippen LogP contribution in [0.1, 0.15) is 18.1 Å². The van der Waals surface area contributed by atoms with E-state index in [4.69, 9.17) is 19.9 Å². The Labute approximate surface area is 157 Å². The van der Waals surface area contributed by atoms with E-state index in [2.05, 4.69) is 0 Å². The van der Waals surface area contributed by atoms with Crippen molar-refractivity contribution in [3.8, 4) is 11.5 Å². The number of non-ortho nitro benzene ring substituents is 1. The van der Waals surface area contributed by atoms with Crippen LogP contribution < -0.4 is 15.2 Å². The van der Waals surface area contributed by atoms with Gasteiger partial charge in [-0.25, -0.2) is 0 Å². The van der Waals surface area contributed by atoms with E-state index in [0.717, 1.165) is 11.1 Å². The number of carbonyl (C=O) groups excluding carboxylic acids is 1. The highest BCUT2D eigenvalue weighted by Crippen LogP contribution is 2.24. The van der Waals surface area contributed by atoms with Crippen LogP contribution in [0.15, 0.2) is 42.5 Å². The number of rotatable bonds is 9. The first-order valence-corrected chi connectivity index (χ1v) is 8.39. The predicted octanol–water partition coefficient (Wildman–Crippen LogP) is 2.62. The van der Waals surface area contributed by atoms with Gasteiger partial charge in [-0.05, 0) is 37.1 Å². The molecule has 0 amide bonds. The summed E-state index contributed by atoms with van der Waals surface area (Å²) >= 11 is 0. The monoisotopic (exact) mass is 374 g/mol. The molecule has 0 spiro atoms. The van der Waals surface area contributed by atoms with Crippen molar-refractivity contribution in [3.05, 3.63) is 63.7 Å². The highest BCUT2D eigenvalue weighted by molar-refractivity contribution is 5.75. The standard InChI is InChI=1S/C19H22N2O6/c1-3-26-19(22)17(20)10-13-7-8-18(25-2)14(9-13)12-27-16-6-4-5-15(11-16)21(23)24/h4-9,11,17H,3,10,12,20H2,1-2H3. The number of esters is 1. The van der Waals surface area contributed by atoms with Crippen molar-refractivity contribution in [2.24, 2.45) is 5.73 Å². The molecule has 0 aliphatic heterocycles. The number of ether oxygens (including phenoxy) is 3. The summed E-state index contributed by atoms with van der Waals surface area (Å²) in [4.78, 5) is 22.1. The molecule has 0 heterocycles. The van der Waals surface area contributed by atoms with Crippen molar-refractivity contribution < 1.29 is 23.9 Å². The third-order valence-corrected chi connectivity index (χ3v) is 3.81. The highest BCUT2D eigenvalue weighted by atomic mass is 16.6. The Morgan fingerprint density at radius 2 is 2.04 bits per heavy atom. The summed E-state index contributed by atoms with van der Waals surface area (Å²) in [6, 6.07) is 10.6. The molecule has 0 bridgehead atoms. The van der Waals surface area contributed by atoms with Gasteiger partial charge >= 0.3 is 5.97 Å². The lowest BCUT2D eigenvalue weighted by molar-refractivity contribution is -0.384. The molecule has 2 rings (SSSR count). The van der Waals surface area contributed by atoms with Crippen molar-refractivity contribution in [2.75, 3.05) is 13.7 Å². The molecule has 1 atom stereocenters. The Morgan fingerprint density at radius 1 is 1.26 bits per heavy atom. The van der Waals surface area contributed by atoms with E-state index >= 15 is 0 Å². The van der Waals surface area contributed by atoms with E-state index in [1.807, 2.05) is 12.1 Å². The van der Waals surface area contributed by atoms with Gasteiger partial charge in [0.05, 0.1) is 24.7 Å². The summed E-state index contributed by atoms with van der Waals surface area (Å²) < 4.78 is 15.9. The Hall–Kier alpha value is -3.13. The third kappa shape index (κ3) is 5.68. The van der Waals surface area contributed by atoms with E-state index < -0.39 is 16.9 Å². The fourth-order valence-corrected chi connectivity index (χ4v) is 2.51. The number of carbonyl (C=O) groups is 1. The molecular weight excluding hydrogens is 352 g/mol. The van der Waals surface area contributed by atoms with Gasteiger partial charge in [0.15, 0.2) is 0 Å². The topological polar surface area (TPSA) is 114 Å². The van der Waals surface area contributed by atoms with E-state index in [0.29, 0.717) is 17.9 Å². The smallest absolute Gasteiger partial charge is 0.323 e. The van der Waals surface area contributed by atoms with Gasteiger partial charge in [-0.2, -0.15) is 0 Å². The third-order valence-electron chi connectivity index (χ3n) is 3.81. The highest BCUT2D eigenvalue weighted by Gasteiger charge is 2.16. The fourth-order valence-electron chi connectivity index (χ4n) is 2.51. The van der Waals surface area contributed by atoms with Gasteiger partial charge in [-0.1, -0.05) is 12.1 Å². The molecule has 1 unspecified atom stereocenters.